The van der Waals surface area contributed by atoms with Gasteiger partial charge in [-0.3, -0.25) is 19.7 Å². The van der Waals surface area contributed by atoms with Crippen LogP contribution < -0.4 is 5.48 Å². The number of hydrogen-bond acceptors (Lipinski definition) is 5. The predicted molar refractivity (Wildman–Crippen MR) is 58.3 cm³/mol. The number of methoxy groups -OCH3 is 1. The fourth-order valence-electron chi connectivity index (χ4n) is 1.18. The number of benzene rings is 1. The first kappa shape index (κ1) is 14.9. The monoisotopic (exact) mass is 276 g/mol. The summed E-state index contributed by atoms with van der Waals surface area (Å²) in [5.74, 6) is -4.04. The standard InChI is InChI=1S/C10H10F2N2O5/c1-18-4-5-19-13-10(15)8-6(11)2-3-7(9(8)12)14(16)17/h2-3H,4-5H2,1H3,(H,13,15). The molecule has 1 rings (SSSR count). The fraction of sp³-hybridized carbons (Fsp3) is 0.300. The highest BCUT2D eigenvalue weighted by atomic mass is 19.1. The summed E-state index contributed by atoms with van der Waals surface area (Å²) >= 11 is 0. The van der Waals surface area contributed by atoms with Gasteiger partial charge < -0.3 is 4.74 Å². The van der Waals surface area contributed by atoms with Crippen molar-refractivity contribution in [2.75, 3.05) is 20.3 Å². The highest BCUT2D eigenvalue weighted by Gasteiger charge is 2.26. The molecule has 0 aliphatic carbocycles. The Morgan fingerprint density at radius 1 is 1.42 bits per heavy atom. The predicted octanol–water partition coefficient (Wildman–Crippen LogP) is 1.18. The normalized spacial score (nSPS) is 10.3. The maximum Gasteiger partial charge on any atom is 0.305 e. The van der Waals surface area contributed by atoms with Crippen molar-refractivity contribution in [3.8, 4) is 0 Å². The van der Waals surface area contributed by atoms with Gasteiger partial charge in [0.1, 0.15) is 11.4 Å². The SMILES string of the molecule is COCCONC(=O)c1c(F)ccc([N+](=O)[O-])c1F. The first-order valence-corrected chi connectivity index (χ1v) is 5.02. The van der Waals surface area contributed by atoms with Crippen molar-refractivity contribution in [2.45, 2.75) is 0 Å². The van der Waals surface area contributed by atoms with Crippen molar-refractivity contribution in [3.63, 3.8) is 0 Å². The number of nitrogens with zero attached hydrogens (tertiary/aromatic N) is 1. The Morgan fingerprint density at radius 2 is 2.11 bits per heavy atom. The van der Waals surface area contributed by atoms with E-state index in [0.29, 0.717) is 12.1 Å². The smallest absolute Gasteiger partial charge is 0.305 e. The van der Waals surface area contributed by atoms with Gasteiger partial charge in [0.25, 0.3) is 5.91 Å². The van der Waals surface area contributed by atoms with E-state index in [1.54, 1.807) is 5.48 Å². The van der Waals surface area contributed by atoms with Gasteiger partial charge in [-0.05, 0) is 6.07 Å². The van der Waals surface area contributed by atoms with E-state index in [4.69, 9.17) is 0 Å². The van der Waals surface area contributed by atoms with Crippen molar-refractivity contribution in [1.82, 2.24) is 5.48 Å². The maximum absolute atomic E-state index is 13.6. The summed E-state index contributed by atoms with van der Waals surface area (Å²) in [5, 5.41) is 10.5. The third-order valence-electron chi connectivity index (χ3n) is 2.05. The molecule has 9 heteroatoms. The number of nitro benzene ring substituents is 1. The average Bonchev–Trinajstić information content (AvgIpc) is 2.34. The molecule has 1 aromatic rings. The van der Waals surface area contributed by atoms with E-state index in [1.807, 2.05) is 0 Å². The van der Waals surface area contributed by atoms with Gasteiger partial charge in [0.05, 0.1) is 18.1 Å². The highest BCUT2D eigenvalue weighted by Crippen LogP contribution is 2.22. The Labute approximate surface area is 106 Å². The van der Waals surface area contributed by atoms with Gasteiger partial charge in [-0.2, -0.15) is 4.39 Å². The first-order valence-electron chi connectivity index (χ1n) is 5.02. The van der Waals surface area contributed by atoms with E-state index >= 15 is 0 Å². The van der Waals surface area contributed by atoms with Gasteiger partial charge in [-0.15, -0.1) is 0 Å². The first-order chi connectivity index (χ1) is 8.99. The van der Waals surface area contributed by atoms with Crippen LogP contribution >= 0.6 is 0 Å². The van der Waals surface area contributed by atoms with Gasteiger partial charge in [0.15, 0.2) is 0 Å². The van der Waals surface area contributed by atoms with E-state index in [-0.39, 0.29) is 13.2 Å². The lowest BCUT2D eigenvalue weighted by molar-refractivity contribution is -0.387. The fourth-order valence-corrected chi connectivity index (χ4v) is 1.18. The lowest BCUT2D eigenvalue weighted by Gasteiger charge is -2.07. The summed E-state index contributed by atoms with van der Waals surface area (Å²) in [5.41, 5.74) is -0.314. The second-order valence-electron chi connectivity index (χ2n) is 3.29. The van der Waals surface area contributed by atoms with Crippen LogP contribution in [0.2, 0.25) is 0 Å². The van der Waals surface area contributed by atoms with Crippen molar-refractivity contribution in [2.24, 2.45) is 0 Å². The number of ether oxygens (including phenoxy) is 1. The minimum absolute atomic E-state index is 0.0413. The summed E-state index contributed by atoms with van der Waals surface area (Å²) < 4.78 is 31.5. The zero-order valence-corrected chi connectivity index (χ0v) is 9.81. The molecule has 104 valence electrons. The Kier molecular flexibility index (Phi) is 5.27. The van der Waals surface area contributed by atoms with Crippen molar-refractivity contribution in [1.29, 1.82) is 0 Å². The van der Waals surface area contributed by atoms with Crippen LogP contribution in [0.25, 0.3) is 0 Å². The number of nitrogens with one attached hydrogen (secondary N) is 1. The van der Waals surface area contributed by atoms with Crippen molar-refractivity contribution in [3.05, 3.63) is 39.4 Å². The average molecular weight is 276 g/mol. The molecule has 7 nitrogen and oxygen atoms in total. The van der Waals surface area contributed by atoms with Gasteiger partial charge >= 0.3 is 5.69 Å². The van der Waals surface area contributed by atoms with Gasteiger partial charge in [-0.1, -0.05) is 0 Å². The van der Waals surface area contributed by atoms with Crippen LogP contribution in [0.15, 0.2) is 12.1 Å². The minimum Gasteiger partial charge on any atom is -0.382 e. The quantitative estimate of drug-likeness (QED) is 0.478. The molecule has 1 aromatic carbocycles. The molecule has 0 spiro atoms. The van der Waals surface area contributed by atoms with E-state index in [2.05, 4.69) is 9.57 Å². The molecule has 0 heterocycles. The molecule has 1 amide bonds. The number of rotatable bonds is 6. The zero-order chi connectivity index (χ0) is 14.4. The molecule has 0 saturated heterocycles. The Balaban J connectivity index is 2.90. The molecule has 0 atom stereocenters. The third-order valence-corrected chi connectivity index (χ3v) is 2.05. The Hall–Kier alpha value is -2.13. The van der Waals surface area contributed by atoms with Crippen molar-refractivity contribution < 1.29 is 28.1 Å². The molecule has 19 heavy (non-hydrogen) atoms. The van der Waals surface area contributed by atoms with Crippen LogP contribution in [0.4, 0.5) is 14.5 Å². The van der Waals surface area contributed by atoms with E-state index in [0.717, 1.165) is 0 Å². The molecule has 0 bridgehead atoms. The molecule has 0 aliphatic heterocycles. The minimum atomic E-state index is -1.56. The highest BCUT2D eigenvalue weighted by molar-refractivity contribution is 5.94. The summed E-state index contributed by atoms with van der Waals surface area (Å²) in [4.78, 5) is 25.4. The van der Waals surface area contributed by atoms with Crippen molar-refractivity contribution >= 4 is 11.6 Å². The molecule has 0 aliphatic rings. The number of amides is 1. The third kappa shape index (κ3) is 3.66. The topological polar surface area (TPSA) is 90.7 Å². The van der Waals surface area contributed by atoms with Gasteiger partial charge in [0, 0.05) is 13.2 Å². The zero-order valence-electron chi connectivity index (χ0n) is 9.81. The second kappa shape index (κ2) is 6.71. The molecular weight excluding hydrogens is 266 g/mol. The van der Waals surface area contributed by atoms with E-state index in [1.165, 1.54) is 7.11 Å². The van der Waals surface area contributed by atoms with Gasteiger partial charge in [-0.25, -0.2) is 9.87 Å². The Morgan fingerprint density at radius 3 is 2.68 bits per heavy atom. The molecule has 1 N–H and O–H groups in total. The Bertz CT molecular complexity index is 495. The number of hydrogen-bond donors (Lipinski definition) is 1. The molecule has 0 aromatic heterocycles. The number of carbonyl (C=O) groups excluding carboxylic acids is 1. The number of halogens is 2. The lowest BCUT2D eigenvalue weighted by Crippen LogP contribution is -2.27. The van der Waals surface area contributed by atoms with E-state index in [9.17, 15) is 23.7 Å². The number of nitro groups is 1. The number of hydroxylamine groups is 1. The summed E-state index contributed by atoms with van der Waals surface area (Å²) in [6.07, 6.45) is 0. The molecule has 0 fully saturated rings. The maximum atomic E-state index is 13.6. The molecule has 0 radical (unpaired) electrons. The van der Waals surface area contributed by atoms with E-state index < -0.39 is 33.7 Å². The summed E-state index contributed by atoms with van der Waals surface area (Å²) in [7, 11) is 1.39. The second-order valence-corrected chi connectivity index (χ2v) is 3.29. The van der Waals surface area contributed by atoms with Crippen LogP contribution in [-0.4, -0.2) is 31.2 Å². The van der Waals surface area contributed by atoms with Crippen LogP contribution in [-0.2, 0) is 9.57 Å². The van der Waals surface area contributed by atoms with Crippen LogP contribution in [0.1, 0.15) is 10.4 Å². The van der Waals surface area contributed by atoms with Crippen LogP contribution in [0, 0.1) is 21.7 Å². The molecule has 0 saturated carbocycles. The lowest BCUT2D eigenvalue weighted by atomic mass is 10.1. The largest absolute Gasteiger partial charge is 0.382 e. The van der Waals surface area contributed by atoms with Gasteiger partial charge in [0.2, 0.25) is 5.82 Å². The molecular formula is C10H10F2N2O5. The summed E-state index contributed by atoms with van der Waals surface area (Å²) in [6, 6.07) is 1.26. The number of carbonyl (C=O) groups is 1. The molecule has 0 unspecified atom stereocenters. The van der Waals surface area contributed by atoms with Crippen LogP contribution in [0.5, 0.6) is 0 Å². The van der Waals surface area contributed by atoms with Crippen LogP contribution in [0.3, 0.4) is 0 Å². The summed E-state index contributed by atoms with van der Waals surface area (Å²) in [6.45, 7) is 0.112.